The molecule has 5 rings (SSSR count). The number of rotatable bonds is 8. The van der Waals surface area contributed by atoms with Crippen LogP contribution in [0.25, 0.3) is 16.8 Å². The summed E-state index contributed by atoms with van der Waals surface area (Å²) in [5.74, 6) is 0.511. The Bertz CT molecular complexity index is 1390. The maximum absolute atomic E-state index is 12.8. The van der Waals surface area contributed by atoms with E-state index >= 15 is 0 Å². The van der Waals surface area contributed by atoms with Crippen LogP contribution >= 0.6 is 0 Å². The van der Waals surface area contributed by atoms with E-state index < -0.39 is 0 Å². The molecular formula is C29H26N4O2. The van der Waals surface area contributed by atoms with Gasteiger partial charge >= 0.3 is 0 Å². The molecule has 1 atom stereocenters. The predicted molar refractivity (Wildman–Crippen MR) is 136 cm³/mol. The van der Waals surface area contributed by atoms with Crippen molar-refractivity contribution < 1.29 is 9.53 Å². The predicted octanol–water partition coefficient (Wildman–Crippen LogP) is 5.87. The first-order chi connectivity index (χ1) is 17.2. The highest BCUT2D eigenvalue weighted by atomic mass is 16.5. The molecular weight excluding hydrogens is 436 g/mol. The molecule has 1 amide bonds. The van der Waals surface area contributed by atoms with Crippen LogP contribution in [0.3, 0.4) is 0 Å². The van der Waals surface area contributed by atoms with E-state index in [-0.39, 0.29) is 18.7 Å². The monoisotopic (exact) mass is 462 g/mol. The van der Waals surface area contributed by atoms with Gasteiger partial charge in [0.15, 0.2) is 6.73 Å². The number of carbonyl (C=O) groups excluding carboxylic acids is 1. The summed E-state index contributed by atoms with van der Waals surface area (Å²) in [6.45, 7) is 2.18. The van der Waals surface area contributed by atoms with Crippen LogP contribution in [0.1, 0.15) is 29.0 Å². The standard InChI is InChI=1S/C29H26N4O2/c1-22(25-10-7-11-26(20-25)32-17-5-6-18-32)30-29(34)28-16-19-33(31-28)21-35-27-14-12-24(13-15-27)23-8-3-2-4-9-23/h2-20,22H,21H2,1H3,(H,30,34). The van der Waals surface area contributed by atoms with E-state index in [1.54, 1.807) is 16.9 Å². The van der Waals surface area contributed by atoms with Crippen LogP contribution in [-0.2, 0) is 6.73 Å². The van der Waals surface area contributed by atoms with Gasteiger partial charge in [-0.15, -0.1) is 0 Å². The summed E-state index contributed by atoms with van der Waals surface area (Å²) in [6.07, 6.45) is 5.73. The van der Waals surface area contributed by atoms with Crippen molar-refractivity contribution >= 4 is 5.91 Å². The smallest absolute Gasteiger partial charge is 0.272 e. The third kappa shape index (κ3) is 5.33. The lowest BCUT2D eigenvalue weighted by Gasteiger charge is -2.15. The molecule has 0 spiro atoms. The average molecular weight is 463 g/mol. The molecule has 174 valence electrons. The van der Waals surface area contributed by atoms with Crippen LogP contribution in [0.4, 0.5) is 0 Å². The van der Waals surface area contributed by atoms with Crippen LogP contribution in [0.2, 0.25) is 0 Å². The number of nitrogens with one attached hydrogen (secondary N) is 1. The van der Waals surface area contributed by atoms with Gasteiger partial charge in [0.1, 0.15) is 11.4 Å². The minimum Gasteiger partial charge on any atom is -0.471 e. The second kappa shape index (κ2) is 10.1. The molecule has 0 aliphatic carbocycles. The maximum Gasteiger partial charge on any atom is 0.272 e. The molecule has 0 aliphatic rings. The maximum atomic E-state index is 12.8. The third-order valence-corrected chi connectivity index (χ3v) is 5.82. The Morgan fingerprint density at radius 2 is 1.60 bits per heavy atom. The second-order valence-electron chi connectivity index (χ2n) is 8.28. The molecule has 5 aromatic rings. The van der Waals surface area contributed by atoms with Gasteiger partial charge in [0.05, 0.1) is 6.04 Å². The SMILES string of the molecule is CC(NC(=O)c1ccn(COc2ccc(-c3ccccc3)cc2)n1)c1cccc(-n2cccc2)c1. The molecule has 6 nitrogen and oxygen atoms in total. The zero-order chi connectivity index (χ0) is 24.0. The molecule has 0 saturated heterocycles. The minimum atomic E-state index is -0.227. The van der Waals surface area contributed by atoms with Crippen molar-refractivity contribution in [2.75, 3.05) is 0 Å². The van der Waals surface area contributed by atoms with Crippen molar-refractivity contribution in [2.45, 2.75) is 19.7 Å². The van der Waals surface area contributed by atoms with Crippen molar-refractivity contribution in [1.82, 2.24) is 19.7 Å². The summed E-state index contributed by atoms with van der Waals surface area (Å²) in [5.41, 5.74) is 4.70. The molecule has 0 radical (unpaired) electrons. The number of nitrogens with zero attached hydrogens (tertiary/aromatic N) is 3. The lowest BCUT2D eigenvalue weighted by Crippen LogP contribution is -2.27. The van der Waals surface area contributed by atoms with E-state index in [2.05, 4.69) is 28.6 Å². The van der Waals surface area contributed by atoms with Crippen molar-refractivity contribution in [3.63, 3.8) is 0 Å². The molecule has 2 heterocycles. The quantitative estimate of drug-likeness (QED) is 0.314. The van der Waals surface area contributed by atoms with Gasteiger partial charge in [0.25, 0.3) is 5.91 Å². The molecule has 0 fully saturated rings. The number of amides is 1. The first kappa shape index (κ1) is 22.2. The number of carbonyl (C=O) groups is 1. The van der Waals surface area contributed by atoms with E-state index in [9.17, 15) is 4.79 Å². The Balaban J connectivity index is 1.17. The summed E-state index contributed by atoms with van der Waals surface area (Å²) < 4.78 is 9.49. The molecule has 0 aliphatic heterocycles. The zero-order valence-electron chi connectivity index (χ0n) is 19.4. The second-order valence-corrected chi connectivity index (χ2v) is 8.28. The van der Waals surface area contributed by atoms with Crippen LogP contribution < -0.4 is 10.1 Å². The number of hydrogen-bond acceptors (Lipinski definition) is 3. The number of ether oxygens (including phenoxy) is 1. The van der Waals surface area contributed by atoms with Crippen molar-refractivity contribution in [3.05, 3.63) is 127 Å². The van der Waals surface area contributed by atoms with Gasteiger partial charge < -0.3 is 14.6 Å². The molecule has 0 saturated carbocycles. The van der Waals surface area contributed by atoms with E-state index in [1.165, 1.54) is 0 Å². The molecule has 35 heavy (non-hydrogen) atoms. The minimum absolute atomic E-state index is 0.164. The van der Waals surface area contributed by atoms with Crippen molar-refractivity contribution in [1.29, 1.82) is 0 Å². The van der Waals surface area contributed by atoms with E-state index in [1.807, 2.05) is 96.7 Å². The summed E-state index contributed by atoms with van der Waals surface area (Å²) in [7, 11) is 0. The fourth-order valence-electron chi connectivity index (χ4n) is 3.88. The van der Waals surface area contributed by atoms with Gasteiger partial charge in [-0.1, -0.05) is 54.6 Å². The van der Waals surface area contributed by atoms with Gasteiger partial charge in [0, 0.05) is 24.3 Å². The summed E-state index contributed by atoms with van der Waals surface area (Å²) >= 11 is 0. The highest BCUT2D eigenvalue weighted by Gasteiger charge is 2.14. The lowest BCUT2D eigenvalue weighted by atomic mass is 10.1. The Hall–Kier alpha value is -4.58. The average Bonchev–Trinajstić information content (AvgIpc) is 3.61. The van der Waals surface area contributed by atoms with E-state index in [0.717, 1.165) is 28.1 Å². The van der Waals surface area contributed by atoms with Gasteiger partial charge in [-0.05, 0) is 66.1 Å². The van der Waals surface area contributed by atoms with Gasteiger partial charge in [-0.2, -0.15) is 5.10 Å². The van der Waals surface area contributed by atoms with Crippen LogP contribution in [-0.4, -0.2) is 20.3 Å². The van der Waals surface area contributed by atoms with E-state index in [0.29, 0.717) is 5.69 Å². The fourth-order valence-corrected chi connectivity index (χ4v) is 3.88. The largest absolute Gasteiger partial charge is 0.471 e. The molecule has 1 N–H and O–H groups in total. The van der Waals surface area contributed by atoms with Crippen molar-refractivity contribution in [3.8, 4) is 22.6 Å². The van der Waals surface area contributed by atoms with Crippen LogP contribution in [0, 0.1) is 0 Å². The lowest BCUT2D eigenvalue weighted by molar-refractivity contribution is 0.0932. The Morgan fingerprint density at radius 1 is 0.857 bits per heavy atom. The molecule has 0 bridgehead atoms. The Labute approximate surface area is 204 Å². The Kier molecular flexibility index (Phi) is 6.44. The summed E-state index contributed by atoms with van der Waals surface area (Å²) in [6, 6.07) is 31.7. The van der Waals surface area contributed by atoms with Crippen LogP contribution in [0.15, 0.2) is 116 Å². The zero-order valence-corrected chi connectivity index (χ0v) is 19.4. The highest BCUT2D eigenvalue weighted by molar-refractivity contribution is 5.92. The molecule has 1 unspecified atom stereocenters. The van der Waals surface area contributed by atoms with Crippen LogP contribution in [0.5, 0.6) is 5.75 Å². The number of benzene rings is 3. The normalized spacial score (nSPS) is 11.7. The number of aromatic nitrogens is 3. The fraction of sp³-hybridized carbons (Fsp3) is 0.103. The van der Waals surface area contributed by atoms with E-state index in [4.69, 9.17) is 4.74 Å². The summed E-state index contributed by atoms with van der Waals surface area (Å²) in [5, 5.41) is 7.40. The number of hydrogen-bond donors (Lipinski definition) is 1. The topological polar surface area (TPSA) is 61.1 Å². The van der Waals surface area contributed by atoms with Crippen molar-refractivity contribution in [2.24, 2.45) is 0 Å². The van der Waals surface area contributed by atoms with Gasteiger partial charge in [-0.25, -0.2) is 4.68 Å². The van der Waals surface area contributed by atoms with Gasteiger partial charge in [-0.3, -0.25) is 4.79 Å². The molecule has 6 heteroatoms. The summed E-state index contributed by atoms with van der Waals surface area (Å²) in [4.78, 5) is 12.8. The highest BCUT2D eigenvalue weighted by Crippen LogP contribution is 2.22. The van der Waals surface area contributed by atoms with Gasteiger partial charge in [0.2, 0.25) is 0 Å². The Morgan fingerprint density at radius 3 is 2.37 bits per heavy atom. The molecule has 2 aromatic heterocycles. The molecule has 3 aromatic carbocycles. The first-order valence-corrected chi connectivity index (χ1v) is 11.5. The third-order valence-electron chi connectivity index (χ3n) is 5.82. The first-order valence-electron chi connectivity index (χ1n) is 11.5.